The van der Waals surface area contributed by atoms with Crippen LogP contribution in [0, 0.1) is 0 Å². The summed E-state index contributed by atoms with van der Waals surface area (Å²) in [6.07, 6.45) is 0.682. The highest BCUT2D eigenvalue weighted by atomic mass is 35.5. The Kier molecular flexibility index (Phi) is 3.88. The number of tetrazole rings is 1. The van der Waals surface area contributed by atoms with E-state index in [9.17, 15) is 4.79 Å². The molecule has 0 aliphatic carbocycles. The average molecular weight is 266 g/mol. The largest absolute Gasteiger partial charge is 0.324 e. The number of aromatic nitrogens is 4. The third kappa shape index (κ3) is 3.04. The van der Waals surface area contributed by atoms with Gasteiger partial charge in [0.25, 0.3) is 0 Å². The van der Waals surface area contributed by atoms with Crippen LogP contribution in [-0.4, -0.2) is 26.1 Å². The smallest absolute Gasteiger partial charge is 0.246 e. The van der Waals surface area contributed by atoms with Gasteiger partial charge in [0.2, 0.25) is 5.91 Å². The molecule has 2 rings (SSSR count). The van der Waals surface area contributed by atoms with Crippen LogP contribution >= 0.6 is 11.6 Å². The second-order valence-corrected chi connectivity index (χ2v) is 4.10. The molecule has 2 aromatic rings. The van der Waals surface area contributed by atoms with E-state index >= 15 is 0 Å². The summed E-state index contributed by atoms with van der Waals surface area (Å²) >= 11 is 5.76. The van der Waals surface area contributed by atoms with Gasteiger partial charge in [-0.1, -0.05) is 18.5 Å². The molecule has 0 aliphatic rings. The standard InChI is InChI=1S/C11H12ClN5O/c1-2-10-14-15-16-17(10)7-11(18)13-9-5-3-8(12)4-6-9/h3-6H,2,7H2,1H3,(H,13,18). The molecule has 1 amide bonds. The molecule has 94 valence electrons. The Morgan fingerprint density at radius 3 is 2.78 bits per heavy atom. The SMILES string of the molecule is CCc1nnnn1CC(=O)Nc1ccc(Cl)cc1. The van der Waals surface area contributed by atoms with Crippen molar-refractivity contribution in [2.24, 2.45) is 0 Å². The van der Waals surface area contributed by atoms with Crippen molar-refractivity contribution in [3.05, 3.63) is 35.1 Å². The highest BCUT2D eigenvalue weighted by Crippen LogP contribution is 2.13. The minimum Gasteiger partial charge on any atom is -0.324 e. The summed E-state index contributed by atoms with van der Waals surface area (Å²) in [4.78, 5) is 11.8. The number of anilines is 1. The van der Waals surface area contributed by atoms with Crippen molar-refractivity contribution in [1.29, 1.82) is 0 Å². The van der Waals surface area contributed by atoms with Gasteiger partial charge < -0.3 is 5.32 Å². The Morgan fingerprint density at radius 1 is 1.39 bits per heavy atom. The van der Waals surface area contributed by atoms with Crippen LogP contribution in [0.1, 0.15) is 12.7 Å². The van der Waals surface area contributed by atoms with E-state index in [1.54, 1.807) is 24.3 Å². The van der Waals surface area contributed by atoms with E-state index in [0.29, 0.717) is 23.0 Å². The van der Waals surface area contributed by atoms with Crippen molar-refractivity contribution in [3.8, 4) is 0 Å². The summed E-state index contributed by atoms with van der Waals surface area (Å²) in [6.45, 7) is 2.03. The van der Waals surface area contributed by atoms with Crippen molar-refractivity contribution in [2.75, 3.05) is 5.32 Å². The number of hydrogen-bond donors (Lipinski definition) is 1. The number of rotatable bonds is 4. The summed E-state index contributed by atoms with van der Waals surface area (Å²) in [5.74, 6) is 0.501. The predicted molar refractivity (Wildman–Crippen MR) is 67.3 cm³/mol. The van der Waals surface area contributed by atoms with Gasteiger partial charge in [0.15, 0.2) is 5.82 Å². The number of nitrogens with zero attached hydrogens (tertiary/aromatic N) is 4. The number of aryl methyl sites for hydroxylation is 1. The fourth-order valence-corrected chi connectivity index (χ4v) is 1.60. The highest BCUT2D eigenvalue weighted by molar-refractivity contribution is 6.30. The van der Waals surface area contributed by atoms with Gasteiger partial charge in [-0.3, -0.25) is 4.79 Å². The molecule has 0 radical (unpaired) electrons. The molecule has 0 spiro atoms. The van der Waals surface area contributed by atoms with E-state index in [0.717, 1.165) is 0 Å². The molecule has 18 heavy (non-hydrogen) atoms. The van der Waals surface area contributed by atoms with Crippen molar-refractivity contribution in [3.63, 3.8) is 0 Å². The Labute approximate surface area is 109 Å². The first-order chi connectivity index (χ1) is 8.69. The van der Waals surface area contributed by atoms with Crippen molar-refractivity contribution >= 4 is 23.2 Å². The monoisotopic (exact) mass is 265 g/mol. The van der Waals surface area contributed by atoms with Crippen LogP contribution in [0.3, 0.4) is 0 Å². The molecule has 1 aromatic heterocycles. The quantitative estimate of drug-likeness (QED) is 0.910. The molecule has 0 saturated carbocycles. The molecule has 0 unspecified atom stereocenters. The summed E-state index contributed by atoms with van der Waals surface area (Å²) in [5.41, 5.74) is 0.690. The Morgan fingerprint density at radius 2 is 2.11 bits per heavy atom. The first-order valence-electron chi connectivity index (χ1n) is 5.49. The highest BCUT2D eigenvalue weighted by Gasteiger charge is 2.08. The van der Waals surface area contributed by atoms with E-state index in [-0.39, 0.29) is 12.5 Å². The predicted octanol–water partition coefficient (Wildman–Crippen LogP) is 1.53. The average Bonchev–Trinajstić information content (AvgIpc) is 2.79. The first kappa shape index (κ1) is 12.5. The zero-order valence-corrected chi connectivity index (χ0v) is 10.6. The van der Waals surface area contributed by atoms with Gasteiger partial charge in [-0.2, -0.15) is 0 Å². The Balaban J connectivity index is 1.99. The molecule has 0 bridgehead atoms. The summed E-state index contributed by atoms with van der Waals surface area (Å²) in [7, 11) is 0. The number of hydrogen-bond acceptors (Lipinski definition) is 4. The van der Waals surface area contributed by atoms with E-state index in [1.165, 1.54) is 4.68 Å². The zero-order valence-electron chi connectivity index (χ0n) is 9.80. The molecule has 0 aliphatic heterocycles. The molecule has 1 N–H and O–H groups in total. The molecule has 0 fully saturated rings. The lowest BCUT2D eigenvalue weighted by molar-refractivity contribution is -0.117. The minimum absolute atomic E-state index is 0.0960. The van der Waals surface area contributed by atoms with Gasteiger partial charge in [0.1, 0.15) is 6.54 Å². The summed E-state index contributed by atoms with van der Waals surface area (Å²) < 4.78 is 1.48. The first-order valence-corrected chi connectivity index (χ1v) is 5.87. The van der Waals surface area contributed by atoms with Crippen LogP contribution < -0.4 is 5.32 Å². The van der Waals surface area contributed by atoms with E-state index in [4.69, 9.17) is 11.6 Å². The molecule has 1 aromatic carbocycles. The van der Waals surface area contributed by atoms with E-state index < -0.39 is 0 Å². The van der Waals surface area contributed by atoms with Crippen molar-refractivity contribution in [2.45, 2.75) is 19.9 Å². The molecular weight excluding hydrogens is 254 g/mol. The van der Waals surface area contributed by atoms with Gasteiger partial charge in [0, 0.05) is 17.1 Å². The minimum atomic E-state index is -0.181. The van der Waals surface area contributed by atoms with Gasteiger partial charge in [-0.15, -0.1) is 5.10 Å². The van der Waals surface area contributed by atoms with Crippen molar-refractivity contribution in [1.82, 2.24) is 20.2 Å². The zero-order chi connectivity index (χ0) is 13.0. The molecule has 0 saturated heterocycles. The molecule has 0 atom stereocenters. The normalized spacial score (nSPS) is 10.3. The van der Waals surface area contributed by atoms with Crippen LogP contribution in [0.4, 0.5) is 5.69 Å². The maximum atomic E-state index is 11.8. The van der Waals surface area contributed by atoms with Crippen molar-refractivity contribution < 1.29 is 4.79 Å². The van der Waals surface area contributed by atoms with Gasteiger partial charge in [-0.05, 0) is 34.7 Å². The Bertz CT molecular complexity index is 537. The molecule has 7 heteroatoms. The number of halogens is 1. The number of benzene rings is 1. The third-order valence-corrected chi connectivity index (χ3v) is 2.60. The van der Waals surface area contributed by atoms with Gasteiger partial charge in [0.05, 0.1) is 0 Å². The van der Waals surface area contributed by atoms with E-state index in [2.05, 4.69) is 20.8 Å². The van der Waals surface area contributed by atoms with Crippen LogP contribution in [0.2, 0.25) is 5.02 Å². The van der Waals surface area contributed by atoms with E-state index in [1.807, 2.05) is 6.92 Å². The lowest BCUT2D eigenvalue weighted by atomic mass is 10.3. The third-order valence-electron chi connectivity index (χ3n) is 2.34. The topological polar surface area (TPSA) is 72.7 Å². The van der Waals surface area contributed by atoms with Crippen LogP contribution in [0.5, 0.6) is 0 Å². The lowest BCUT2D eigenvalue weighted by Crippen LogP contribution is -2.21. The lowest BCUT2D eigenvalue weighted by Gasteiger charge is -2.05. The number of carbonyl (C=O) groups excluding carboxylic acids is 1. The maximum absolute atomic E-state index is 11.8. The molecule has 6 nitrogen and oxygen atoms in total. The molecular formula is C11H12ClN5O. The van der Waals surface area contributed by atoms with Crippen LogP contribution in [-0.2, 0) is 17.8 Å². The summed E-state index contributed by atoms with van der Waals surface area (Å²) in [5, 5.41) is 14.5. The van der Waals surface area contributed by atoms with Crippen LogP contribution in [0.25, 0.3) is 0 Å². The van der Waals surface area contributed by atoms with Gasteiger partial charge in [-0.25, -0.2) is 4.68 Å². The fourth-order valence-electron chi connectivity index (χ4n) is 1.47. The Hall–Kier alpha value is -1.95. The number of carbonyl (C=O) groups is 1. The second kappa shape index (κ2) is 5.59. The van der Waals surface area contributed by atoms with Crippen LogP contribution in [0.15, 0.2) is 24.3 Å². The number of amides is 1. The molecule has 1 heterocycles. The maximum Gasteiger partial charge on any atom is 0.246 e. The summed E-state index contributed by atoms with van der Waals surface area (Å²) in [6, 6.07) is 6.90. The van der Waals surface area contributed by atoms with Gasteiger partial charge >= 0.3 is 0 Å². The second-order valence-electron chi connectivity index (χ2n) is 3.66. The number of nitrogens with one attached hydrogen (secondary N) is 1. The fraction of sp³-hybridized carbons (Fsp3) is 0.273.